The van der Waals surface area contributed by atoms with E-state index in [1.165, 1.54) is 0 Å². The van der Waals surface area contributed by atoms with Gasteiger partial charge in [-0.25, -0.2) is 4.79 Å². The first-order valence-corrected chi connectivity index (χ1v) is 6.22. The fraction of sp³-hybridized carbons (Fsp3) is 0.750. The summed E-state index contributed by atoms with van der Waals surface area (Å²) in [6.45, 7) is 6.68. The van der Waals surface area contributed by atoms with Crippen molar-refractivity contribution in [3.63, 3.8) is 0 Å². The highest BCUT2D eigenvalue weighted by Crippen LogP contribution is 2.01. The number of hydrogen-bond acceptors (Lipinski definition) is 4. The van der Waals surface area contributed by atoms with E-state index >= 15 is 0 Å². The van der Waals surface area contributed by atoms with Crippen molar-refractivity contribution in [3.8, 4) is 0 Å². The largest absolute Gasteiger partial charge is 0.480 e. The highest BCUT2D eigenvalue weighted by molar-refractivity contribution is 5.89. The quantitative estimate of drug-likeness (QED) is 0.489. The van der Waals surface area contributed by atoms with E-state index in [-0.39, 0.29) is 18.4 Å². The summed E-state index contributed by atoms with van der Waals surface area (Å²) >= 11 is 0. The second-order valence-corrected chi connectivity index (χ2v) is 5.12. The first-order chi connectivity index (χ1) is 8.66. The molecule has 0 saturated carbocycles. The average Bonchev–Trinajstić information content (AvgIpc) is 2.30. The molecule has 0 radical (unpaired) electrons. The van der Waals surface area contributed by atoms with E-state index < -0.39 is 29.9 Å². The normalized spacial score (nSPS) is 14.1. The molecule has 2 atom stereocenters. The maximum absolute atomic E-state index is 11.5. The minimum atomic E-state index is -1.10. The van der Waals surface area contributed by atoms with Gasteiger partial charge in [0.15, 0.2) is 0 Å². The van der Waals surface area contributed by atoms with E-state index in [0.29, 0.717) is 0 Å². The summed E-state index contributed by atoms with van der Waals surface area (Å²) < 4.78 is 0. The van der Waals surface area contributed by atoms with Crippen molar-refractivity contribution in [2.75, 3.05) is 6.54 Å². The van der Waals surface area contributed by atoms with Gasteiger partial charge in [-0.1, -0.05) is 27.7 Å². The number of carbonyl (C=O) groups excluding carboxylic acids is 2. The van der Waals surface area contributed by atoms with Crippen molar-refractivity contribution in [1.82, 2.24) is 10.6 Å². The standard InChI is InChI=1S/C12H23N3O4/c1-6(2)9(13)11(17)14-5-8(16)15-10(7(3)4)12(18)19/h6-7,9-10H,5,13H2,1-4H3,(H,14,17)(H,15,16)(H,18,19). The third-order valence-corrected chi connectivity index (χ3v) is 2.69. The van der Waals surface area contributed by atoms with Crippen LogP contribution in [0.5, 0.6) is 0 Å². The second-order valence-electron chi connectivity index (χ2n) is 5.12. The predicted molar refractivity (Wildman–Crippen MR) is 70.2 cm³/mol. The van der Waals surface area contributed by atoms with Crippen molar-refractivity contribution >= 4 is 17.8 Å². The molecular formula is C12H23N3O4. The van der Waals surface area contributed by atoms with Gasteiger partial charge in [-0.15, -0.1) is 0 Å². The van der Waals surface area contributed by atoms with Crippen LogP contribution in [0.15, 0.2) is 0 Å². The molecule has 2 unspecified atom stereocenters. The van der Waals surface area contributed by atoms with Crippen LogP contribution in [0.4, 0.5) is 0 Å². The van der Waals surface area contributed by atoms with Crippen LogP contribution in [0, 0.1) is 11.8 Å². The molecule has 0 aromatic carbocycles. The van der Waals surface area contributed by atoms with Crippen molar-refractivity contribution in [2.24, 2.45) is 17.6 Å². The van der Waals surface area contributed by atoms with Gasteiger partial charge in [0.05, 0.1) is 12.6 Å². The Labute approximate surface area is 112 Å². The molecule has 0 rings (SSSR count). The minimum Gasteiger partial charge on any atom is -0.480 e. The average molecular weight is 273 g/mol. The molecule has 0 aromatic heterocycles. The van der Waals surface area contributed by atoms with Gasteiger partial charge in [0, 0.05) is 0 Å². The zero-order valence-corrected chi connectivity index (χ0v) is 11.8. The SMILES string of the molecule is CC(C)C(N)C(=O)NCC(=O)NC(C(=O)O)C(C)C. The topological polar surface area (TPSA) is 122 Å². The van der Waals surface area contributed by atoms with Crippen LogP contribution in [-0.2, 0) is 14.4 Å². The number of nitrogens with two attached hydrogens (primary N) is 1. The van der Waals surface area contributed by atoms with Crippen molar-refractivity contribution in [2.45, 2.75) is 39.8 Å². The lowest BCUT2D eigenvalue weighted by Crippen LogP contribution is -2.50. The van der Waals surface area contributed by atoms with Crippen LogP contribution < -0.4 is 16.4 Å². The Morgan fingerprint density at radius 2 is 1.63 bits per heavy atom. The molecule has 19 heavy (non-hydrogen) atoms. The lowest BCUT2D eigenvalue weighted by Gasteiger charge is -2.19. The van der Waals surface area contributed by atoms with Crippen LogP contribution in [-0.4, -0.2) is 41.5 Å². The molecule has 5 N–H and O–H groups in total. The molecule has 2 amide bonds. The van der Waals surface area contributed by atoms with E-state index in [9.17, 15) is 14.4 Å². The molecule has 0 aliphatic heterocycles. The number of amides is 2. The fourth-order valence-corrected chi connectivity index (χ4v) is 1.33. The molecule has 0 aromatic rings. The predicted octanol–water partition coefficient (Wildman–Crippen LogP) is -0.689. The van der Waals surface area contributed by atoms with E-state index in [1.54, 1.807) is 27.7 Å². The van der Waals surface area contributed by atoms with E-state index in [1.807, 2.05) is 0 Å². The maximum atomic E-state index is 11.5. The number of rotatable bonds is 7. The maximum Gasteiger partial charge on any atom is 0.326 e. The third-order valence-electron chi connectivity index (χ3n) is 2.69. The molecule has 0 spiro atoms. The Kier molecular flexibility index (Phi) is 7.06. The molecule has 7 heteroatoms. The Morgan fingerprint density at radius 1 is 1.11 bits per heavy atom. The fourth-order valence-electron chi connectivity index (χ4n) is 1.33. The van der Waals surface area contributed by atoms with Gasteiger partial charge in [0.25, 0.3) is 0 Å². The summed E-state index contributed by atoms with van der Waals surface area (Å²) in [6.07, 6.45) is 0. The van der Waals surface area contributed by atoms with Crippen molar-refractivity contribution in [3.05, 3.63) is 0 Å². The summed E-state index contributed by atoms with van der Waals surface area (Å²) in [5, 5.41) is 13.6. The Bertz CT molecular complexity index is 342. The highest BCUT2D eigenvalue weighted by Gasteiger charge is 2.24. The van der Waals surface area contributed by atoms with Gasteiger partial charge in [-0.3, -0.25) is 9.59 Å². The molecule has 0 aliphatic rings. The number of carbonyl (C=O) groups is 3. The monoisotopic (exact) mass is 273 g/mol. The smallest absolute Gasteiger partial charge is 0.326 e. The summed E-state index contributed by atoms with van der Waals surface area (Å²) in [5.74, 6) is -2.36. The molecule has 0 heterocycles. The van der Waals surface area contributed by atoms with Gasteiger partial charge >= 0.3 is 5.97 Å². The number of aliphatic carboxylic acids is 1. The lowest BCUT2D eigenvalue weighted by atomic mass is 10.0. The summed E-state index contributed by atoms with van der Waals surface area (Å²) in [6, 6.07) is -1.66. The zero-order chi connectivity index (χ0) is 15.2. The Hall–Kier alpha value is -1.63. The number of carboxylic acid groups (broad SMARTS) is 1. The second kappa shape index (κ2) is 7.73. The van der Waals surface area contributed by atoms with Gasteiger partial charge in [-0.2, -0.15) is 0 Å². The molecule has 0 aliphatic carbocycles. The molecule has 0 saturated heterocycles. The van der Waals surface area contributed by atoms with E-state index in [2.05, 4.69) is 10.6 Å². The lowest BCUT2D eigenvalue weighted by molar-refractivity contribution is -0.143. The summed E-state index contributed by atoms with van der Waals surface area (Å²) in [4.78, 5) is 33.9. The first-order valence-electron chi connectivity index (χ1n) is 6.22. The number of hydrogen-bond donors (Lipinski definition) is 4. The van der Waals surface area contributed by atoms with Crippen LogP contribution >= 0.6 is 0 Å². The summed E-state index contributed by atoms with van der Waals surface area (Å²) in [5.41, 5.74) is 5.61. The molecule has 7 nitrogen and oxygen atoms in total. The van der Waals surface area contributed by atoms with Crippen LogP contribution in [0.3, 0.4) is 0 Å². The van der Waals surface area contributed by atoms with Gasteiger partial charge in [0.2, 0.25) is 11.8 Å². The number of carboxylic acids is 1. The zero-order valence-electron chi connectivity index (χ0n) is 11.8. The van der Waals surface area contributed by atoms with Crippen molar-refractivity contribution in [1.29, 1.82) is 0 Å². The van der Waals surface area contributed by atoms with Gasteiger partial charge in [-0.05, 0) is 11.8 Å². The van der Waals surface area contributed by atoms with E-state index in [0.717, 1.165) is 0 Å². The van der Waals surface area contributed by atoms with E-state index in [4.69, 9.17) is 10.8 Å². The molecular weight excluding hydrogens is 250 g/mol. The Balaban J connectivity index is 4.26. The Morgan fingerprint density at radius 3 is 2.00 bits per heavy atom. The van der Waals surface area contributed by atoms with Crippen LogP contribution in [0.1, 0.15) is 27.7 Å². The third kappa shape index (κ3) is 6.19. The first kappa shape index (κ1) is 17.4. The van der Waals surface area contributed by atoms with Gasteiger partial charge < -0.3 is 21.5 Å². The van der Waals surface area contributed by atoms with Crippen LogP contribution in [0.2, 0.25) is 0 Å². The minimum absolute atomic E-state index is 0.0366. The molecule has 0 fully saturated rings. The number of nitrogens with one attached hydrogen (secondary N) is 2. The molecule has 0 bridgehead atoms. The van der Waals surface area contributed by atoms with Gasteiger partial charge in [0.1, 0.15) is 6.04 Å². The summed E-state index contributed by atoms with van der Waals surface area (Å²) in [7, 11) is 0. The van der Waals surface area contributed by atoms with Crippen LogP contribution in [0.25, 0.3) is 0 Å². The highest BCUT2D eigenvalue weighted by atomic mass is 16.4. The van der Waals surface area contributed by atoms with Crippen molar-refractivity contribution < 1.29 is 19.5 Å². The molecule has 110 valence electrons.